The molecule has 1 heterocycles. The molecule has 0 fully saturated rings. The van der Waals surface area contributed by atoms with Crippen LogP contribution in [0.5, 0.6) is 0 Å². The summed E-state index contributed by atoms with van der Waals surface area (Å²) in [6, 6.07) is 17.5. The van der Waals surface area contributed by atoms with Crippen LogP contribution in [0.15, 0.2) is 65.0 Å². The predicted octanol–water partition coefficient (Wildman–Crippen LogP) is 3.50. The summed E-state index contributed by atoms with van der Waals surface area (Å²) in [4.78, 5) is 19.9. The maximum absolute atomic E-state index is 11.1. The zero-order valence-electron chi connectivity index (χ0n) is 14.3. The number of nitrogens with zero attached hydrogens (tertiary/aromatic N) is 2. The van der Waals surface area contributed by atoms with E-state index in [1.807, 2.05) is 60.0 Å². The minimum atomic E-state index is -0.0536. The van der Waals surface area contributed by atoms with Gasteiger partial charge in [-0.05, 0) is 23.8 Å². The van der Waals surface area contributed by atoms with Gasteiger partial charge in [-0.2, -0.15) is 4.99 Å². The third kappa shape index (κ3) is 4.90. The SMILES string of the molecule is CC(=O)NCc1cccc(-c2csc(N=C(N)Nc3ccccc3)n2)c1. The quantitative estimate of drug-likeness (QED) is 0.476. The number of hydrogen-bond donors (Lipinski definition) is 3. The van der Waals surface area contributed by atoms with Crippen molar-refractivity contribution in [2.45, 2.75) is 13.5 Å². The molecule has 0 spiro atoms. The first-order valence-corrected chi connectivity index (χ1v) is 8.93. The van der Waals surface area contributed by atoms with Gasteiger partial charge in [0.2, 0.25) is 17.0 Å². The lowest BCUT2D eigenvalue weighted by Gasteiger charge is -2.04. The summed E-state index contributed by atoms with van der Waals surface area (Å²) in [7, 11) is 0. The van der Waals surface area contributed by atoms with Crippen molar-refractivity contribution in [2.24, 2.45) is 10.7 Å². The molecule has 7 heteroatoms. The number of nitrogens with one attached hydrogen (secondary N) is 2. The van der Waals surface area contributed by atoms with Crippen LogP contribution in [0.2, 0.25) is 0 Å². The minimum Gasteiger partial charge on any atom is -0.369 e. The van der Waals surface area contributed by atoms with Gasteiger partial charge in [0.25, 0.3) is 0 Å². The molecular formula is C19H19N5OS. The van der Waals surface area contributed by atoms with Crippen LogP contribution in [-0.4, -0.2) is 16.9 Å². The number of anilines is 1. The van der Waals surface area contributed by atoms with Crippen molar-refractivity contribution in [3.8, 4) is 11.3 Å². The number of amides is 1. The first-order chi connectivity index (χ1) is 12.6. The molecule has 6 nitrogen and oxygen atoms in total. The highest BCUT2D eigenvalue weighted by molar-refractivity contribution is 7.13. The van der Waals surface area contributed by atoms with E-state index >= 15 is 0 Å². The first kappa shape index (κ1) is 17.6. The second kappa shape index (κ2) is 8.26. The van der Waals surface area contributed by atoms with E-state index in [1.54, 1.807) is 0 Å². The van der Waals surface area contributed by atoms with E-state index in [9.17, 15) is 4.79 Å². The fraction of sp³-hybridized carbons (Fsp3) is 0.105. The highest BCUT2D eigenvalue weighted by atomic mass is 32.1. The molecule has 3 aromatic rings. The minimum absolute atomic E-state index is 0.0536. The Bertz CT molecular complexity index is 920. The fourth-order valence-corrected chi connectivity index (χ4v) is 3.02. The average Bonchev–Trinajstić information content (AvgIpc) is 3.09. The Balaban J connectivity index is 1.72. The molecule has 4 N–H and O–H groups in total. The number of aliphatic imine (C=N–C) groups is 1. The maximum Gasteiger partial charge on any atom is 0.217 e. The normalized spacial score (nSPS) is 11.2. The number of hydrogen-bond acceptors (Lipinski definition) is 4. The van der Waals surface area contributed by atoms with Gasteiger partial charge in [-0.1, -0.05) is 36.4 Å². The summed E-state index contributed by atoms with van der Waals surface area (Å²) in [5.74, 6) is 0.235. The molecule has 1 amide bonds. The smallest absolute Gasteiger partial charge is 0.217 e. The van der Waals surface area contributed by atoms with E-state index in [4.69, 9.17) is 5.73 Å². The molecule has 0 aliphatic heterocycles. The van der Waals surface area contributed by atoms with Crippen LogP contribution in [0.4, 0.5) is 10.8 Å². The summed E-state index contributed by atoms with van der Waals surface area (Å²) in [5, 5.41) is 8.34. The lowest BCUT2D eigenvalue weighted by molar-refractivity contribution is -0.119. The van der Waals surface area contributed by atoms with Gasteiger partial charge < -0.3 is 16.4 Å². The number of nitrogens with two attached hydrogens (primary N) is 1. The molecule has 26 heavy (non-hydrogen) atoms. The van der Waals surface area contributed by atoms with E-state index in [-0.39, 0.29) is 11.9 Å². The zero-order chi connectivity index (χ0) is 18.4. The Morgan fingerprint density at radius 3 is 2.77 bits per heavy atom. The predicted molar refractivity (Wildman–Crippen MR) is 106 cm³/mol. The van der Waals surface area contributed by atoms with Crippen LogP contribution >= 0.6 is 11.3 Å². The molecule has 132 valence electrons. The average molecular weight is 365 g/mol. The molecule has 0 unspecified atom stereocenters. The first-order valence-electron chi connectivity index (χ1n) is 8.05. The second-order valence-electron chi connectivity index (χ2n) is 5.61. The lowest BCUT2D eigenvalue weighted by atomic mass is 10.1. The number of guanidine groups is 1. The number of aromatic nitrogens is 1. The number of carbonyl (C=O) groups is 1. The van der Waals surface area contributed by atoms with E-state index in [0.29, 0.717) is 11.7 Å². The number of thiazole rings is 1. The van der Waals surface area contributed by atoms with E-state index in [1.165, 1.54) is 18.3 Å². The molecule has 0 atom stereocenters. The topological polar surface area (TPSA) is 92.4 Å². The van der Waals surface area contributed by atoms with Crippen molar-refractivity contribution in [3.05, 3.63) is 65.5 Å². The van der Waals surface area contributed by atoms with Crippen molar-refractivity contribution in [1.29, 1.82) is 0 Å². The van der Waals surface area contributed by atoms with Crippen molar-refractivity contribution >= 4 is 34.0 Å². The molecular weight excluding hydrogens is 346 g/mol. The van der Waals surface area contributed by atoms with Gasteiger partial charge in [-0.15, -0.1) is 11.3 Å². The Morgan fingerprint density at radius 1 is 1.19 bits per heavy atom. The van der Waals surface area contributed by atoms with Crippen LogP contribution in [0, 0.1) is 0 Å². The Hall–Kier alpha value is -3.19. The molecule has 0 aliphatic carbocycles. The monoisotopic (exact) mass is 365 g/mol. The van der Waals surface area contributed by atoms with Gasteiger partial charge in [0.1, 0.15) is 0 Å². The van der Waals surface area contributed by atoms with Gasteiger partial charge >= 0.3 is 0 Å². The zero-order valence-corrected chi connectivity index (χ0v) is 15.1. The van der Waals surface area contributed by atoms with Crippen LogP contribution in [-0.2, 0) is 11.3 Å². The van der Waals surface area contributed by atoms with Crippen LogP contribution < -0.4 is 16.4 Å². The highest BCUT2D eigenvalue weighted by Gasteiger charge is 2.06. The number of rotatable bonds is 5. The molecule has 1 aromatic heterocycles. The van der Waals surface area contributed by atoms with E-state index in [2.05, 4.69) is 20.6 Å². The van der Waals surface area contributed by atoms with Crippen molar-refractivity contribution < 1.29 is 4.79 Å². The van der Waals surface area contributed by atoms with Gasteiger partial charge in [0, 0.05) is 30.1 Å². The molecule has 0 radical (unpaired) electrons. The maximum atomic E-state index is 11.1. The molecule has 0 saturated heterocycles. The fourth-order valence-electron chi connectivity index (χ4n) is 2.32. The van der Waals surface area contributed by atoms with Crippen molar-refractivity contribution in [1.82, 2.24) is 10.3 Å². The second-order valence-corrected chi connectivity index (χ2v) is 6.45. The third-order valence-corrected chi connectivity index (χ3v) is 4.25. The Morgan fingerprint density at radius 2 is 2.00 bits per heavy atom. The van der Waals surface area contributed by atoms with Gasteiger partial charge in [-0.3, -0.25) is 4.79 Å². The molecule has 0 aliphatic rings. The third-order valence-electron chi connectivity index (χ3n) is 3.52. The molecule has 0 saturated carbocycles. The summed E-state index contributed by atoms with van der Waals surface area (Å²) < 4.78 is 0. The Labute approximate surface area is 155 Å². The molecule has 2 aromatic carbocycles. The number of carbonyl (C=O) groups excluding carboxylic acids is 1. The lowest BCUT2D eigenvalue weighted by Crippen LogP contribution is -2.21. The summed E-state index contributed by atoms with van der Waals surface area (Å²) in [6.45, 7) is 1.99. The van der Waals surface area contributed by atoms with Crippen molar-refractivity contribution in [3.63, 3.8) is 0 Å². The van der Waals surface area contributed by atoms with Crippen LogP contribution in [0.25, 0.3) is 11.3 Å². The van der Waals surface area contributed by atoms with Crippen LogP contribution in [0.3, 0.4) is 0 Å². The van der Waals surface area contributed by atoms with Gasteiger partial charge in [0.15, 0.2) is 0 Å². The number of benzene rings is 2. The van der Waals surface area contributed by atoms with Crippen LogP contribution in [0.1, 0.15) is 12.5 Å². The van der Waals surface area contributed by atoms with E-state index < -0.39 is 0 Å². The van der Waals surface area contributed by atoms with Gasteiger partial charge in [-0.25, -0.2) is 4.98 Å². The highest BCUT2D eigenvalue weighted by Crippen LogP contribution is 2.27. The Kier molecular flexibility index (Phi) is 5.60. The standard InChI is InChI=1S/C19H19N5OS/c1-13(25)21-11-14-6-5-7-15(10-14)17-12-26-19(23-17)24-18(20)22-16-8-3-2-4-9-16/h2-10,12H,11H2,1H3,(H,21,25)(H3,20,22,23,24). The summed E-state index contributed by atoms with van der Waals surface area (Å²) in [6.07, 6.45) is 0. The van der Waals surface area contributed by atoms with Gasteiger partial charge in [0.05, 0.1) is 5.69 Å². The summed E-state index contributed by atoms with van der Waals surface area (Å²) >= 11 is 1.42. The summed E-state index contributed by atoms with van der Waals surface area (Å²) in [5.41, 5.74) is 9.63. The molecule has 0 bridgehead atoms. The van der Waals surface area contributed by atoms with Crippen molar-refractivity contribution in [2.75, 3.05) is 5.32 Å². The number of para-hydroxylation sites is 1. The largest absolute Gasteiger partial charge is 0.369 e. The molecule has 3 rings (SSSR count). The van der Waals surface area contributed by atoms with E-state index in [0.717, 1.165) is 22.5 Å².